The standard InChI is InChI=1S/C14H8BrCl2NO3/c15-12-2-1-10(6-11(12)14(20)21)18-13(19)7-3-8(16)5-9(17)4-7/h1-6H,(H,18,19)(H,20,21). The van der Waals surface area contributed by atoms with Gasteiger partial charge in [-0.1, -0.05) is 23.2 Å². The molecule has 0 radical (unpaired) electrons. The van der Waals surface area contributed by atoms with E-state index in [1.54, 1.807) is 12.1 Å². The second kappa shape index (κ2) is 6.47. The summed E-state index contributed by atoms with van der Waals surface area (Å²) in [5.74, 6) is -1.53. The second-order valence-corrected chi connectivity index (χ2v) is 5.84. The van der Waals surface area contributed by atoms with Gasteiger partial charge in [-0.25, -0.2) is 4.79 Å². The van der Waals surface area contributed by atoms with Crippen LogP contribution >= 0.6 is 39.1 Å². The zero-order chi connectivity index (χ0) is 15.6. The predicted octanol–water partition coefficient (Wildman–Crippen LogP) is 4.71. The fourth-order valence-electron chi connectivity index (χ4n) is 1.66. The molecule has 2 rings (SSSR count). The van der Waals surface area contributed by atoms with Crippen molar-refractivity contribution < 1.29 is 14.7 Å². The van der Waals surface area contributed by atoms with E-state index in [1.807, 2.05) is 0 Å². The van der Waals surface area contributed by atoms with Crippen LogP contribution in [0.5, 0.6) is 0 Å². The summed E-state index contributed by atoms with van der Waals surface area (Å²) in [4.78, 5) is 23.1. The Morgan fingerprint density at radius 3 is 2.24 bits per heavy atom. The molecule has 0 aromatic heterocycles. The summed E-state index contributed by atoms with van der Waals surface area (Å²) in [6.07, 6.45) is 0. The van der Waals surface area contributed by atoms with Gasteiger partial charge in [0, 0.05) is 25.8 Å². The molecule has 0 heterocycles. The molecule has 0 aliphatic heterocycles. The number of carboxylic acid groups (broad SMARTS) is 1. The molecule has 7 heteroatoms. The number of amides is 1. The van der Waals surface area contributed by atoms with E-state index in [2.05, 4.69) is 21.2 Å². The third kappa shape index (κ3) is 3.97. The Labute approximate surface area is 138 Å². The molecule has 2 aromatic carbocycles. The molecule has 0 saturated heterocycles. The lowest BCUT2D eigenvalue weighted by Crippen LogP contribution is -2.12. The first kappa shape index (κ1) is 15.8. The summed E-state index contributed by atoms with van der Waals surface area (Å²) in [5.41, 5.74) is 0.695. The lowest BCUT2D eigenvalue weighted by Gasteiger charge is -2.08. The van der Waals surface area contributed by atoms with Gasteiger partial charge >= 0.3 is 5.97 Å². The van der Waals surface area contributed by atoms with Gasteiger partial charge in [0.2, 0.25) is 0 Å². The number of rotatable bonds is 3. The minimum atomic E-state index is -1.09. The van der Waals surface area contributed by atoms with Gasteiger partial charge in [0.05, 0.1) is 5.56 Å². The molecule has 0 bridgehead atoms. The molecular formula is C14H8BrCl2NO3. The van der Waals surface area contributed by atoms with E-state index in [9.17, 15) is 9.59 Å². The molecule has 0 spiro atoms. The van der Waals surface area contributed by atoms with Crippen LogP contribution in [0.4, 0.5) is 5.69 Å². The van der Waals surface area contributed by atoms with Crippen molar-refractivity contribution in [3.63, 3.8) is 0 Å². The van der Waals surface area contributed by atoms with Crippen LogP contribution in [0.25, 0.3) is 0 Å². The highest BCUT2D eigenvalue weighted by molar-refractivity contribution is 9.10. The number of aromatic carboxylic acids is 1. The van der Waals surface area contributed by atoms with Gasteiger partial charge in [0.15, 0.2) is 0 Å². The number of hydrogen-bond donors (Lipinski definition) is 2. The minimum absolute atomic E-state index is 0.0527. The van der Waals surface area contributed by atoms with E-state index in [0.717, 1.165) is 0 Å². The van der Waals surface area contributed by atoms with Crippen molar-refractivity contribution in [3.05, 3.63) is 62.0 Å². The maximum Gasteiger partial charge on any atom is 0.336 e. The molecule has 2 aromatic rings. The molecule has 4 nitrogen and oxygen atoms in total. The highest BCUT2D eigenvalue weighted by Gasteiger charge is 2.12. The van der Waals surface area contributed by atoms with Crippen LogP contribution in [0, 0.1) is 0 Å². The third-order valence-corrected chi connectivity index (χ3v) is 3.71. The Kier molecular flexibility index (Phi) is 4.88. The Morgan fingerprint density at radius 2 is 1.67 bits per heavy atom. The van der Waals surface area contributed by atoms with Crippen molar-refractivity contribution in [1.82, 2.24) is 0 Å². The summed E-state index contributed by atoms with van der Waals surface area (Å²) >= 11 is 14.8. The summed E-state index contributed by atoms with van der Waals surface area (Å²) in [5, 5.41) is 12.3. The average molecular weight is 389 g/mol. The van der Waals surface area contributed by atoms with E-state index in [0.29, 0.717) is 20.2 Å². The van der Waals surface area contributed by atoms with Gasteiger partial charge in [0.1, 0.15) is 0 Å². The maximum atomic E-state index is 12.1. The molecule has 0 unspecified atom stereocenters. The first-order chi connectivity index (χ1) is 9.86. The first-order valence-corrected chi connectivity index (χ1v) is 7.22. The van der Waals surface area contributed by atoms with Gasteiger partial charge < -0.3 is 10.4 Å². The van der Waals surface area contributed by atoms with Crippen LogP contribution in [0.1, 0.15) is 20.7 Å². The van der Waals surface area contributed by atoms with Gasteiger partial charge in [-0.2, -0.15) is 0 Å². The van der Waals surface area contributed by atoms with Crippen LogP contribution in [0.3, 0.4) is 0 Å². The Balaban J connectivity index is 2.27. The Hall–Kier alpha value is -1.56. The summed E-state index contributed by atoms with van der Waals surface area (Å²) < 4.78 is 0.429. The lowest BCUT2D eigenvalue weighted by molar-refractivity contribution is 0.0695. The average Bonchev–Trinajstić information content (AvgIpc) is 2.39. The third-order valence-electron chi connectivity index (χ3n) is 2.58. The number of carbonyl (C=O) groups excluding carboxylic acids is 1. The summed E-state index contributed by atoms with van der Waals surface area (Å²) in [6.45, 7) is 0. The number of halogens is 3. The van der Waals surface area contributed by atoms with Crippen LogP contribution < -0.4 is 5.32 Å². The molecule has 2 N–H and O–H groups in total. The highest BCUT2D eigenvalue weighted by Crippen LogP contribution is 2.23. The van der Waals surface area contributed by atoms with Crippen LogP contribution in [-0.4, -0.2) is 17.0 Å². The molecule has 108 valence electrons. The van der Waals surface area contributed by atoms with Crippen LogP contribution in [0.2, 0.25) is 10.0 Å². The van der Waals surface area contributed by atoms with Crippen molar-refractivity contribution in [3.8, 4) is 0 Å². The largest absolute Gasteiger partial charge is 0.478 e. The van der Waals surface area contributed by atoms with Gasteiger partial charge in [-0.15, -0.1) is 0 Å². The SMILES string of the molecule is O=C(Nc1ccc(Br)c(C(=O)O)c1)c1cc(Cl)cc(Cl)c1. The number of anilines is 1. The fourth-order valence-corrected chi connectivity index (χ4v) is 2.60. The number of nitrogens with one attached hydrogen (secondary N) is 1. The van der Waals surface area contributed by atoms with E-state index >= 15 is 0 Å². The van der Waals surface area contributed by atoms with Crippen LogP contribution in [0.15, 0.2) is 40.9 Å². The molecule has 0 aliphatic carbocycles. The van der Waals surface area contributed by atoms with Crippen molar-refractivity contribution in [2.24, 2.45) is 0 Å². The molecule has 1 amide bonds. The normalized spacial score (nSPS) is 10.2. The monoisotopic (exact) mass is 387 g/mol. The molecule has 0 atom stereocenters. The number of hydrogen-bond acceptors (Lipinski definition) is 2. The predicted molar refractivity (Wildman–Crippen MR) is 85.5 cm³/mol. The van der Waals surface area contributed by atoms with Gasteiger partial charge in [-0.3, -0.25) is 4.79 Å². The quantitative estimate of drug-likeness (QED) is 0.800. The van der Waals surface area contributed by atoms with Crippen LogP contribution in [-0.2, 0) is 0 Å². The van der Waals surface area contributed by atoms with Crippen molar-refractivity contribution in [2.45, 2.75) is 0 Å². The van der Waals surface area contributed by atoms with E-state index < -0.39 is 11.9 Å². The summed E-state index contributed by atoms with van der Waals surface area (Å²) in [7, 11) is 0. The smallest absolute Gasteiger partial charge is 0.336 e. The number of benzene rings is 2. The second-order valence-electron chi connectivity index (χ2n) is 4.11. The van der Waals surface area contributed by atoms with E-state index in [-0.39, 0.29) is 11.1 Å². The minimum Gasteiger partial charge on any atom is -0.478 e. The molecule has 0 aliphatic rings. The molecule has 21 heavy (non-hydrogen) atoms. The lowest BCUT2D eigenvalue weighted by atomic mass is 10.1. The zero-order valence-corrected chi connectivity index (χ0v) is 13.5. The Bertz CT molecular complexity index is 714. The number of carbonyl (C=O) groups is 2. The van der Waals surface area contributed by atoms with E-state index in [4.69, 9.17) is 28.3 Å². The van der Waals surface area contributed by atoms with Crippen molar-refractivity contribution in [2.75, 3.05) is 5.32 Å². The van der Waals surface area contributed by atoms with Crippen molar-refractivity contribution >= 4 is 56.7 Å². The zero-order valence-electron chi connectivity index (χ0n) is 10.4. The summed E-state index contributed by atoms with van der Waals surface area (Å²) in [6, 6.07) is 8.95. The maximum absolute atomic E-state index is 12.1. The van der Waals surface area contributed by atoms with E-state index in [1.165, 1.54) is 24.3 Å². The molecule has 0 saturated carbocycles. The van der Waals surface area contributed by atoms with Gasteiger partial charge in [0.25, 0.3) is 5.91 Å². The van der Waals surface area contributed by atoms with Crippen molar-refractivity contribution in [1.29, 1.82) is 0 Å². The topological polar surface area (TPSA) is 66.4 Å². The fraction of sp³-hybridized carbons (Fsp3) is 0. The number of carboxylic acids is 1. The van der Waals surface area contributed by atoms with Gasteiger partial charge in [-0.05, 0) is 52.3 Å². The molecular weight excluding hydrogens is 381 g/mol. The Morgan fingerprint density at radius 1 is 1.05 bits per heavy atom. The highest BCUT2D eigenvalue weighted by atomic mass is 79.9. The molecule has 0 fully saturated rings. The first-order valence-electron chi connectivity index (χ1n) is 5.67.